The summed E-state index contributed by atoms with van der Waals surface area (Å²) in [5, 5.41) is 7.57. The van der Waals surface area contributed by atoms with Crippen LogP contribution in [0.4, 0.5) is 11.4 Å². The lowest BCUT2D eigenvalue weighted by Crippen LogP contribution is -2.25. The van der Waals surface area contributed by atoms with Gasteiger partial charge in [-0.15, -0.1) is 11.3 Å². The Balaban J connectivity index is 1.92. The summed E-state index contributed by atoms with van der Waals surface area (Å²) in [5.41, 5.74) is 4.02. The molecule has 0 unspecified atom stereocenters. The van der Waals surface area contributed by atoms with Gasteiger partial charge >= 0.3 is 0 Å². The first-order valence-corrected chi connectivity index (χ1v) is 10.3. The second kappa shape index (κ2) is 8.99. The van der Waals surface area contributed by atoms with E-state index in [4.69, 9.17) is 0 Å². The molecule has 0 atom stereocenters. The number of thiophene rings is 1. The lowest BCUT2D eigenvalue weighted by atomic mass is 10.1. The highest BCUT2D eigenvalue weighted by Gasteiger charge is 2.20. The standard InChI is InChI=1S/C22H19BrN2O2S/c1-14-7-3-5-9-18(14)24-21(26)17(11-16-12-20(23)28-13-16)22(27)25-19-10-6-4-8-15(19)2/h3-13H,1-2H3,(H,24,26)(H,25,27). The molecule has 4 nitrogen and oxygen atoms in total. The van der Waals surface area contributed by atoms with E-state index in [0.29, 0.717) is 11.4 Å². The molecule has 3 aromatic rings. The first-order chi connectivity index (χ1) is 13.4. The number of hydrogen-bond acceptors (Lipinski definition) is 3. The van der Waals surface area contributed by atoms with E-state index in [9.17, 15) is 9.59 Å². The number of carbonyl (C=O) groups excluding carboxylic acids is 2. The second-order valence-corrected chi connectivity index (χ2v) is 8.57. The molecule has 2 N–H and O–H groups in total. The summed E-state index contributed by atoms with van der Waals surface area (Å²) >= 11 is 4.90. The van der Waals surface area contributed by atoms with Gasteiger partial charge in [-0.1, -0.05) is 36.4 Å². The predicted octanol–water partition coefficient (Wildman–Crippen LogP) is 5.79. The summed E-state index contributed by atoms with van der Waals surface area (Å²) in [6.45, 7) is 3.81. The molecule has 3 rings (SSSR count). The van der Waals surface area contributed by atoms with E-state index in [2.05, 4.69) is 26.6 Å². The summed E-state index contributed by atoms with van der Waals surface area (Å²) in [6, 6.07) is 16.8. The Kier molecular flexibility index (Phi) is 6.44. The molecule has 2 amide bonds. The van der Waals surface area contributed by atoms with Crippen molar-refractivity contribution in [1.82, 2.24) is 0 Å². The van der Waals surface area contributed by atoms with Crippen molar-refractivity contribution in [1.29, 1.82) is 0 Å². The van der Waals surface area contributed by atoms with Crippen LogP contribution < -0.4 is 10.6 Å². The molecular weight excluding hydrogens is 436 g/mol. The molecule has 0 aliphatic rings. The second-order valence-electron chi connectivity index (χ2n) is 6.28. The lowest BCUT2D eigenvalue weighted by molar-refractivity contribution is -0.118. The number of halogens is 1. The number of hydrogen-bond donors (Lipinski definition) is 2. The summed E-state index contributed by atoms with van der Waals surface area (Å²) in [5.74, 6) is -0.912. The van der Waals surface area contributed by atoms with Gasteiger partial charge in [0.25, 0.3) is 11.8 Å². The van der Waals surface area contributed by atoms with E-state index >= 15 is 0 Å². The molecule has 2 aromatic carbocycles. The number of rotatable bonds is 5. The number of carbonyl (C=O) groups is 2. The first kappa shape index (κ1) is 20.0. The summed E-state index contributed by atoms with van der Waals surface area (Å²) in [4.78, 5) is 25.9. The monoisotopic (exact) mass is 454 g/mol. The van der Waals surface area contributed by atoms with Crippen molar-refractivity contribution in [3.8, 4) is 0 Å². The van der Waals surface area contributed by atoms with Crippen LogP contribution in [-0.2, 0) is 9.59 Å². The van der Waals surface area contributed by atoms with Crippen LogP contribution in [0.25, 0.3) is 6.08 Å². The van der Waals surface area contributed by atoms with Gasteiger partial charge in [-0.3, -0.25) is 9.59 Å². The average molecular weight is 455 g/mol. The van der Waals surface area contributed by atoms with Crippen molar-refractivity contribution in [2.24, 2.45) is 0 Å². The molecule has 6 heteroatoms. The van der Waals surface area contributed by atoms with Gasteiger partial charge in [0.2, 0.25) is 0 Å². The Labute approximate surface area is 176 Å². The normalized spacial score (nSPS) is 10.2. The smallest absolute Gasteiger partial charge is 0.261 e. The van der Waals surface area contributed by atoms with E-state index in [1.807, 2.05) is 73.8 Å². The van der Waals surface area contributed by atoms with Gasteiger partial charge in [0.05, 0.1) is 3.79 Å². The highest BCUT2D eigenvalue weighted by molar-refractivity contribution is 9.11. The number of benzene rings is 2. The van der Waals surface area contributed by atoms with E-state index in [-0.39, 0.29) is 5.57 Å². The zero-order chi connectivity index (χ0) is 20.1. The van der Waals surface area contributed by atoms with E-state index in [1.165, 1.54) is 11.3 Å². The van der Waals surface area contributed by atoms with Crippen LogP contribution in [0, 0.1) is 13.8 Å². The van der Waals surface area contributed by atoms with Crippen molar-refractivity contribution in [2.75, 3.05) is 10.6 Å². The maximum absolute atomic E-state index is 12.9. The molecule has 0 aliphatic carbocycles. The number of anilines is 2. The Hall–Kier alpha value is -2.70. The van der Waals surface area contributed by atoms with E-state index < -0.39 is 11.8 Å². The fourth-order valence-corrected chi connectivity index (χ4v) is 3.74. The van der Waals surface area contributed by atoms with E-state index in [1.54, 1.807) is 6.08 Å². The van der Waals surface area contributed by atoms with Crippen LogP contribution in [0.1, 0.15) is 16.7 Å². The molecule has 0 radical (unpaired) electrons. The molecule has 0 saturated carbocycles. The molecule has 28 heavy (non-hydrogen) atoms. The molecule has 0 saturated heterocycles. The molecule has 0 fully saturated rings. The molecule has 1 heterocycles. The molecular formula is C22H19BrN2O2S. The Morgan fingerprint density at radius 2 is 1.39 bits per heavy atom. The van der Waals surface area contributed by atoms with Crippen LogP contribution in [0.2, 0.25) is 0 Å². The number of nitrogens with one attached hydrogen (secondary N) is 2. The SMILES string of the molecule is Cc1ccccc1NC(=O)C(=Cc1csc(Br)c1)C(=O)Nc1ccccc1C. The number of aryl methyl sites for hydroxylation is 2. The average Bonchev–Trinajstić information content (AvgIpc) is 3.08. The summed E-state index contributed by atoms with van der Waals surface area (Å²) in [6.07, 6.45) is 1.60. The highest BCUT2D eigenvalue weighted by Crippen LogP contribution is 2.24. The van der Waals surface area contributed by atoms with Crippen LogP contribution >= 0.6 is 27.3 Å². The highest BCUT2D eigenvalue weighted by atomic mass is 79.9. The van der Waals surface area contributed by atoms with Gasteiger partial charge in [-0.25, -0.2) is 0 Å². The Bertz CT molecular complexity index is 994. The zero-order valence-corrected chi connectivity index (χ0v) is 17.9. The van der Waals surface area contributed by atoms with Gasteiger partial charge in [-0.2, -0.15) is 0 Å². The van der Waals surface area contributed by atoms with E-state index in [0.717, 1.165) is 20.5 Å². The zero-order valence-electron chi connectivity index (χ0n) is 15.5. The Morgan fingerprint density at radius 1 is 0.893 bits per heavy atom. The summed E-state index contributed by atoms with van der Waals surface area (Å²) < 4.78 is 0.928. The van der Waals surface area contributed by atoms with Crippen LogP contribution in [-0.4, -0.2) is 11.8 Å². The van der Waals surface area contributed by atoms with Crippen LogP contribution in [0.5, 0.6) is 0 Å². The minimum Gasteiger partial charge on any atom is -0.322 e. The quantitative estimate of drug-likeness (QED) is 0.291. The maximum Gasteiger partial charge on any atom is 0.261 e. The van der Waals surface area contributed by atoms with Crippen LogP contribution in [0.3, 0.4) is 0 Å². The van der Waals surface area contributed by atoms with Gasteiger partial charge in [0.1, 0.15) is 5.57 Å². The molecule has 0 bridgehead atoms. The topological polar surface area (TPSA) is 58.2 Å². The Morgan fingerprint density at radius 3 is 1.82 bits per heavy atom. The van der Waals surface area contributed by atoms with Gasteiger partial charge in [-0.05, 0) is 76.1 Å². The van der Waals surface area contributed by atoms with Crippen molar-refractivity contribution in [3.05, 3.63) is 86.0 Å². The number of amides is 2. The van der Waals surface area contributed by atoms with Crippen molar-refractivity contribution >= 4 is 56.5 Å². The fraction of sp³-hybridized carbons (Fsp3) is 0.0909. The fourth-order valence-electron chi connectivity index (χ4n) is 2.61. The third kappa shape index (κ3) is 4.97. The minimum atomic E-state index is -0.456. The summed E-state index contributed by atoms with van der Waals surface area (Å²) in [7, 11) is 0. The molecule has 0 spiro atoms. The lowest BCUT2D eigenvalue weighted by Gasteiger charge is -2.12. The van der Waals surface area contributed by atoms with Gasteiger partial charge < -0.3 is 10.6 Å². The molecule has 0 aliphatic heterocycles. The minimum absolute atomic E-state index is 0.0387. The molecule has 1 aromatic heterocycles. The predicted molar refractivity (Wildman–Crippen MR) is 120 cm³/mol. The number of para-hydroxylation sites is 2. The van der Waals surface area contributed by atoms with Crippen LogP contribution in [0.15, 0.2) is 69.3 Å². The third-order valence-electron chi connectivity index (χ3n) is 4.17. The molecule has 142 valence electrons. The van der Waals surface area contributed by atoms with Crippen molar-refractivity contribution in [2.45, 2.75) is 13.8 Å². The third-order valence-corrected chi connectivity index (χ3v) is 5.70. The van der Waals surface area contributed by atoms with Gasteiger partial charge in [0, 0.05) is 11.4 Å². The van der Waals surface area contributed by atoms with Gasteiger partial charge in [0.15, 0.2) is 0 Å². The van der Waals surface area contributed by atoms with Crippen molar-refractivity contribution < 1.29 is 9.59 Å². The largest absolute Gasteiger partial charge is 0.322 e. The first-order valence-electron chi connectivity index (χ1n) is 8.64. The maximum atomic E-state index is 12.9. The van der Waals surface area contributed by atoms with Crippen molar-refractivity contribution in [3.63, 3.8) is 0 Å².